The maximum atomic E-state index is 2.34. The van der Waals surface area contributed by atoms with Crippen LogP contribution in [-0.2, 0) is 0 Å². The molecule has 0 bridgehead atoms. The van der Waals surface area contributed by atoms with Crippen LogP contribution >= 0.6 is 0 Å². The van der Waals surface area contributed by atoms with Crippen molar-refractivity contribution in [2.75, 3.05) is 0 Å². The highest BCUT2D eigenvalue weighted by Crippen LogP contribution is 2.05. The molecule has 0 aliphatic heterocycles. The molecule has 19 heavy (non-hydrogen) atoms. The standard InChI is InChI=1S/C19H34/c1-3-5-7-9-11-13-15-17-19-18-16-14-12-10-8-6-4-2/h9,11,15-18H,3-8,10,12-14,19H2,1-2H3/b11-9+,17-15+,18-16+. The van der Waals surface area contributed by atoms with E-state index in [2.05, 4.69) is 50.3 Å². The predicted molar refractivity (Wildman–Crippen MR) is 89.6 cm³/mol. The molecule has 0 heteroatoms. The zero-order chi connectivity index (χ0) is 14.0. The summed E-state index contributed by atoms with van der Waals surface area (Å²) in [7, 11) is 0. The Balaban J connectivity index is 3.25. The van der Waals surface area contributed by atoms with Crippen molar-refractivity contribution in [3.8, 4) is 0 Å². The molecule has 0 heterocycles. The molecule has 110 valence electrons. The van der Waals surface area contributed by atoms with E-state index < -0.39 is 0 Å². The second-order valence-corrected chi connectivity index (χ2v) is 5.23. The zero-order valence-electron chi connectivity index (χ0n) is 13.2. The molecule has 0 rings (SSSR count). The number of hydrogen-bond donors (Lipinski definition) is 0. The highest BCUT2D eigenvalue weighted by atomic mass is 13.9. The van der Waals surface area contributed by atoms with Gasteiger partial charge in [-0.05, 0) is 32.1 Å². The van der Waals surface area contributed by atoms with Crippen LogP contribution in [0.15, 0.2) is 36.5 Å². The van der Waals surface area contributed by atoms with Crippen molar-refractivity contribution in [3.63, 3.8) is 0 Å². The third-order valence-corrected chi connectivity index (χ3v) is 3.24. The average molecular weight is 262 g/mol. The van der Waals surface area contributed by atoms with E-state index in [1.165, 1.54) is 57.8 Å². The minimum Gasteiger partial charge on any atom is -0.0882 e. The van der Waals surface area contributed by atoms with E-state index in [-0.39, 0.29) is 0 Å². The molecule has 0 N–H and O–H groups in total. The summed E-state index contributed by atoms with van der Waals surface area (Å²) in [6, 6.07) is 0. The highest BCUT2D eigenvalue weighted by Gasteiger charge is 1.85. The Hall–Kier alpha value is -0.780. The molecule has 0 aromatic rings. The van der Waals surface area contributed by atoms with Gasteiger partial charge >= 0.3 is 0 Å². The molecular formula is C19H34. The Bertz CT molecular complexity index is 232. The van der Waals surface area contributed by atoms with Gasteiger partial charge < -0.3 is 0 Å². The molecular weight excluding hydrogens is 228 g/mol. The van der Waals surface area contributed by atoms with Gasteiger partial charge in [0.25, 0.3) is 0 Å². The second-order valence-electron chi connectivity index (χ2n) is 5.23. The van der Waals surface area contributed by atoms with Crippen molar-refractivity contribution in [1.29, 1.82) is 0 Å². The predicted octanol–water partition coefficient (Wildman–Crippen LogP) is 6.99. The van der Waals surface area contributed by atoms with Crippen molar-refractivity contribution in [1.82, 2.24) is 0 Å². The highest BCUT2D eigenvalue weighted by molar-refractivity contribution is 4.97. The lowest BCUT2D eigenvalue weighted by Crippen LogP contribution is -1.75. The van der Waals surface area contributed by atoms with E-state index >= 15 is 0 Å². The average Bonchev–Trinajstić information content (AvgIpc) is 2.43. The van der Waals surface area contributed by atoms with Crippen LogP contribution in [0, 0.1) is 0 Å². The molecule has 0 aromatic heterocycles. The Labute approximate surface area is 121 Å². The topological polar surface area (TPSA) is 0 Å². The fourth-order valence-electron chi connectivity index (χ4n) is 1.97. The van der Waals surface area contributed by atoms with Gasteiger partial charge in [-0.15, -0.1) is 0 Å². The van der Waals surface area contributed by atoms with E-state index in [1.807, 2.05) is 0 Å². The summed E-state index contributed by atoms with van der Waals surface area (Å²) in [5, 5.41) is 0. The van der Waals surface area contributed by atoms with Gasteiger partial charge in [0.2, 0.25) is 0 Å². The third kappa shape index (κ3) is 17.2. The lowest BCUT2D eigenvalue weighted by molar-refractivity contribution is 0.637. The van der Waals surface area contributed by atoms with Crippen molar-refractivity contribution >= 4 is 0 Å². The molecule has 0 amide bonds. The maximum Gasteiger partial charge on any atom is -0.0169 e. The minimum absolute atomic E-state index is 1.09. The summed E-state index contributed by atoms with van der Waals surface area (Å²) in [4.78, 5) is 0. The summed E-state index contributed by atoms with van der Waals surface area (Å²) < 4.78 is 0. The Morgan fingerprint density at radius 3 is 1.53 bits per heavy atom. The molecule has 0 aromatic carbocycles. The fraction of sp³-hybridized carbons (Fsp3) is 0.684. The van der Waals surface area contributed by atoms with Crippen molar-refractivity contribution < 1.29 is 0 Å². The lowest BCUT2D eigenvalue weighted by atomic mass is 10.1. The van der Waals surface area contributed by atoms with Crippen molar-refractivity contribution in [2.24, 2.45) is 0 Å². The molecule has 0 fully saturated rings. The van der Waals surface area contributed by atoms with Gasteiger partial charge in [0.1, 0.15) is 0 Å². The van der Waals surface area contributed by atoms with Gasteiger partial charge in [-0.3, -0.25) is 0 Å². The van der Waals surface area contributed by atoms with E-state index in [0.717, 1.165) is 12.8 Å². The van der Waals surface area contributed by atoms with Crippen molar-refractivity contribution in [2.45, 2.75) is 84.5 Å². The first-order chi connectivity index (χ1) is 9.41. The molecule has 0 atom stereocenters. The summed E-state index contributed by atoms with van der Waals surface area (Å²) in [5.41, 5.74) is 0. The third-order valence-electron chi connectivity index (χ3n) is 3.24. The quantitative estimate of drug-likeness (QED) is 0.248. The van der Waals surface area contributed by atoms with Crippen LogP contribution in [0.3, 0.4) is 0 Å². The van der Waals surface area contributed by atoms with Gasteiger partial charge in [-0.2, -0.15) is 0 Å². The molecule has 0 aliphatic carbocycles. The van der Waals surface area contributed by atoms with Gasteiger partial charge in [0.15, 0.2) is 0 Å². The van der Waals surface area contributed by atoms with E-state index in [4.69, 9.17) is 0 Å². The van der Waals surface area contributed by atoms with Crippen LogP contribution in [0.5, 0.6) is 0 Å². The van der Waals surface area contributed by atoms with E-state index in [9.17, 15) is 0 Å². The Kier molecular flexibility index (Phi) is 16.5. The first kappa shape index (κ1) is 18.2. The monoisotopic (exact) mass is 262 g/mol. The number of rotatable bonds is 13. The normalized spacial score (nSPS) is 12.3. The van der Waals surface area contributed by atoms with Gasteiger partial charge in [-0.1, -0.05) is 88.8 Å². The van der Waals surface area contributed by atoms with Gasteiger partial charge in [-0.25, -0.2) is 0 Å². The van der Waals surface area contributed by atoms with Crippen molar-refractivity contribution in [3.05, 3.63) is 36.5 Å². The number of hydrogen-bond acceptors (Lipinski definition) is 0. The molecule has 0 aliphatic rings. The second kappa shape index (κ2) is 17.2. The fourth-order valence-corrected chi connectivity index (χ4v) is 1.97. The first-order valence-electron chi connectivity index (χ1n) is 8.36. The smallest absolute Gasteiger partial charge is 0.0169 e. The molecule has 0 saturated heterocycles. The van der Waals surface area contributed by atoms with Gasteiger partial charge in [0, 0.05) is 0 Å². The zero-order valence-corrected chi connectivity index (χ0v) is 13.2. The molecule has 0 saturated carbocycles. The Morgan fingerprint density at radius 1 is 0.474 bits per heavy atom. The summed E-state index contributed by atoms with van der Waals surface area (Å²) in [6.45, 7) is 4.51. The van der Waals surface area contributed by atoms with Crippen LogP contribution in [0.2, 0.25) is 0 Å². The van der Waals surface area contributed by atoms with Crippen LogP contribution in [0.25, 0.3) is 0 Å². The molecule has 0 nitrogen and oxygen atoms in total. The maximum absolute atomic E-state index is 2.34. The van der Waals surface area contributed by atoms with E-state index in [1.54, 1.807) is 0 Å². The first-order valence-corrected chi connectivity index (χ1v) is 8.36. The number of unbranched alkanes of at least 4 members (excludes halogenated alkanes) is 7. The van der Waals surface area contributed by atoms with E-state index in [0.29, 0.717) is 0 Å². The number of allylic oxidation sites excluding steroid dienone is 6. The van der Waals surface area contributed by atoms with Crippen LogP contribution in [0.4, 0.5) is 0 Å². The lowest BCUT2D eigenvalue weighted by Gasteiger charge is -1.95. The molecule has 0 spiro atoms. The summed E-state index contributed by atoms with van der Waals surface area (Å²) in [5.74, 6) is 0. The SMILES string of the molecule is CCCC/C=C/C/C=C/C/C=C/CCCCCCC. The largest absolute Gasteiger partial charge is 0.0882 e. The van der Waals surface area contributed by atoms with Gasteiger partial charge in [0.05, 0.1) is 0 Å². The molecule has 0 unspecified atom stereocenters. The summed E-state index contributed by atoms with van der Waals surface area (Å²) >= 11 is 0. The van der Waals surface area contributed by atoms with Crippen LogP contribution < -0.4 is 0 Å². The summed E-state index contributed by atoms with van der Waals surface area (Å²) in [6.07, 6.45) is 28.0. The van der Waals surface area contributed by atoms with Crippen LogP contribution in [0.1, 0.15) is 84.5 Å². The Morgan fingerprint density at radius 2 is 0.947 bits per heavy atom. The van der Waals surface area contributed by atoms with Crippen LogP contribution in [-0.4, -0.2) is 0 Å². The minimum atomic E-state index is 1.09. The molecule has 0 radical (unpaired) electrons.